The molecule has 1 aliphatic rings. The Balaban J connectivity index is 1.58. The van der Waals surface area contributed by atoms with Gasteiger partial charge in [-0.05, 0) is 37.3 Å². The zero-order valence-corrected chi connectivity index (χ0v) is 15.2. The van der Waals surface area contributed by atoms with Crippen molar-refractivity contribution < 1.29 is 14.3 Å². The number of nitrogens with zero attached hydrogens (tertiary/aromatic N) is 2. The van der Waals surface area contributed by atoms with Gasteiger partial charge in [0.1, 0.15) is 11.6 Å². The molecule has 0 spiro atoms. The minimum atomic E-state index is -0.553. The minimum absolute atomic E-state index is 0.124. The number of phenolic OH excluding ortho intramolecular Hbond substituents is 1. The molecular formula is C19H21ClFN3O2. The molecule has 5 nitrogen and oxygen atoms in total. The average molecular weight is 378 g/mol. The fraction of sp³-hybridized carbons (Fsp3) is 0.316. The van der Waals surface area contributed by atoms with E-state index in [1.165, 1.54) is 18.2 Å². The van der Waals surface area contributed by atoms with Gasteiger partial charge in [-0.3, -0.25) is 9.69 Å². The Kier molecular flexibility index (Phi) is 5.64. The highest BCUT2D eigenvalue weighted by molar-refractivity contribution is 6.30. The molecule has 1 amide bonds. The first-order valence-electron chi connectivity index (χ1n) is 8.48. The van der Waals surface area contributed by atoms with Gasteiger partial charge < -0.3 is 15.3 Å². The summed E-state index contributed by atoms with van der Waals surface area (Å²) in [5.41, 5.74) is 0.923. The summed E-state index contributed by atoms with van der Waals surface area (Å²) in [5.74, 6) is -0.561. The Morgan fingerprint density at radius 1 is 1.19 bits per heavy atom. The normalized spacial score (nSPS) is 16.3. The monoisotopic (exact) mass is 377 g/mol. The van der Waals surface area contributed by atoms with Gasteiger partial charge in [-0.2, -0.15) is 0 Å². The van der Waals surface area contributed by atoms with Gasteiger partial charge in [0.15, 0.2) is 0 Å². The molecule has 0 aliphatic carbocycles. The number of rotatable bonds is 4. The number of hydrogen-bond acceptors (Lipinski definition) is 4. The number of nitrogens with one attached hydrogen (secondary N) is 1. The second-order valence-electron chi connectivity index (χ2n) is 6.30. The Labute approximate surface area is 157 Å². The van der Waals surface area contributed by atoms with Gasteiger partial charge in [-0.1, -0.05) is 23.7 Å². The molecule has 1 heterocycles. The lowest BCUT2D eigenvalue weighted by Crippen LogP contribution is -2.52. The van der Waals surface area contributed by atoms with Gasteiger partial charge in [0, 0.05) is 31.2 Å². The van der Waals surface area contributed by atoms with E-state index < -0.39 is 11.9 Å². The van der Waals surface area contributed by atoms with Crippen molar-refractivity contribution in [3.8, 4) is 5.75 Å². The molecule has 0 unspecified atom stereocenters. The van der Waals surface area contributed by atoms with E-state index in [-0.39, 0.29) is 22.4 Å². The van der Waals surface area contributed by atoms with E-state index in [4.69, 9.17) is 11.6 Å². The van der Waals surface area contributed by atoms with Crippen LogP contribution in [-0.4, -0.2) is 48.1 Å². The highest BCUT2D eigenvalue weighted by atomic mass is 35.5. The van der Waals surface area contributed by atoms with Gasteiger partial charge in [0.25, 0.3) is 0 Å². The van der Waals surface area contributed by atoms with Crippen LogP contribution in [0.3, 0.4) is 0 Å². The zero-order chi connectivity index (χ0) is 18.7. The Morgan fingerprint density at radius 2 is 1.88 bits per heavy atom. The molecule has 138 valence electrons. The molecule has 2 aromatic carbocycles. The number of hydrogen-bond donors (Lipinski definition) is 2. The van der Waals surface area contributed by atoms with Crippen LogP contribution in [0.5, 0.6) is 5.75 Å². The number of phenols is 1. The first kappa shape index (κ1) is 18.5. The summed E-state index contributed by atoms with van der Waals surface area (Å²) in [6, 6.07) is 11.0. The van der Waals surface area contributed by atoms with E-state index in [0.29, 0.717) is 26.2 Å². The van der Waals surface area contributed by atoms with Crippen LogP contribution in [-0.2, 0) is 4.79 Å². The summed E-state index contributed by atoms with van der Waals surface area (Å²) in [5, 5.41) is 12.9. The number of benzene rings is 2. The van der Waals surface area contributed by atoms with E-state index in [0.717, 1.165) is 5.69 Å². The van der Waals surface area contributed by atoms with Crippen molar-refractivity contribution in [3.63, 3.8) is 0 Å². The molecule has 3 rings (SSSR count). The predicted octanol–water partition coefficient (Wildman–Crippen LogP) is 3.33. The summed E-state index contributed by atoms with van der Waals surface area (Å²) in [7, 11) is 0. The molecule has 2 N–H and O–H groups in total. The molecule has 1 fully saturated rings. The summed E-state index contributed by atoms with van der Waals surface area (Å²) in [4.78, 5) is 16.6. The summed E-state index contributed by atoms with van der Waals surface area (Å²) in [6.45, 7) is 4.55. The summed E-state index contributed by atoms with van der Waals surface area (Å²) < 4.78 is 13.9. The molecule has 1 saturated heterocycles. The molecule has 0 aromatic heterocycles. The van der Waals surface area contributed by atoms with Gasteiger partial charge in [0.2, 0.25) is 5.91 Å². The Bertz CT molecular complexity index is 794. The largest absolute Gasteiger partial charge is 0.506 e. The molecule has 26 heavy (non-hydrogen) atoms. The van der Waals surface area contributed by atoms with E-state index in [1.54, 1.807) is 19.1 Å². The second-order valence-corrected chi connectivity index (χ2v) is 6.74. The minimum Gasteiger partial charge on any atom is -0.506 e. The lowest BCUT2D eigenvalue weighted by molar-refractivity contribution is -0.120. The quantitative estimate of drug-likeness (QED) is 0.858. The molecule has 2 aromatic rings. The van der Waals surface area contributed by atoms with Crippen molar-refractivity contribution in [3.05, 3.63) is 53.3 Å². The predicted molar refractivity (Wildman–Crippen MR) is 101 cm³/mol. The number of aromatic hydroxyl groups is 1. The van der Waals surface area contributed by atoms with Crippen molar-refractivity contribution in [1.82, 2.24) is 4.90 Å². The van der Waals surface area contributed by atoms with Gasteiger partial charge in [0.05, 0.1) is 17.4 Å². The second kappa shape index (κ2) is 7.93. The third-order valence-corrected chi connectivity index (χ3v) is 4.89. The van der Waals surface area contributed by atoms with Crippen LogP contribution >= 0.6 is 11.6 Å². The number of carbonyl (C=O) groups is 1. The van der Waals surface area contributed by atoms with Crippen LogP contribution in [0.1, 0.15) is 6.92 Å². The van der Waals surface area contributed by atoms with Crippen molar-refractivity contribution in [2.75, 3.05) is 36.4 Å². The maximum Gasteiger partial charge on any atom is 0.241 e. The van der Waals surface area contributed by atoms with Crippen LogP contribution < -0.4 is 10.2 Å². The van der Waals surface area contributed by atoms with Gasteiger partial charge >= 0.3 is 0 Å². The maximum atomic E-state index is 13.9. The highest BCUT2D eigenvalue weighted by Crippen LogP contribution is 2.27. The molecular weight excluding hydrogens is 357 g/mol. The fourth-order valence-corrected chi connectivity index (χ4v) is 3.23. The number of piperazine rings is 1. The smallest absolute Gasteiger partial charge is 0.241 e. The molecule has 0 saturated carbocycles. The molecule has 0 bridgehead atoms. The van der Waals surface area contributed by atoms with Gasteiger partial charge in [-0.25, -0.2) is 4.39 Å². The third kappa shape index (κ3) is 4.08. The number of amides is 1. The topological polar surface area (TPSA) is 55.8 Å². The molecule has 7 heteroatoms. The summed E-state index contributed by atoms with van der Waals surface area (Å²) in [6.07, 6.45) is 0. The van der Waals surface area contributed by atoms with E-state index in [1.807, 2.05) is 17.0 Å². The van der Waals surface area contributed by atoms with Crippen LogP contribution in [0.4, 0.5) is 15.8 Å². The average Bonchev–Trinajstić information content (AvgIpc) is 2.64. The Morgan fingerprint density at radius 3 is 2.54 bits per heavy atom. The molecule has 1 aliphatic heterocycles. The third-order valence-electron chi connectivity index (χ3n) is 4.65. The van der Waals surface area contributed by atoms with Crippen molar-refractivity contribution in [2.45, 2.75) is 13.0 Å². The van der Waals surface area contributed by atoms with Crippen LogP contribution in [0.15, 0.2) is 42.5 Å². The van der Waals surface area contributed by atoms with Crippen molar-refractivity contribution in [1.29, 1.82) is 0 Å². The SMILES string of the molecule is C[C@H](C(=O)Nc1ccc(Cl)cc1F)N1CCN(c2ccccc2O)CC1. The molecule has 0 radical (unpaired) electrons. The highest BCUT2D eigenvalue weighted by Gasteiger charge is 2.26. The fourth-order valence-electron chi connectivity index (χ4n) is 3.08. The van der Waals surface area contributed by atoms with Crippen LogP contribution in [0.25, 0.3) is 0 Å². The zero-order valence-electron chi connectivity index (χ0n) is 14.5. The first-order chi connectivity index (χ1) is 12.5. The van der Waals surface area contributed by atoms with E-state index >= 15 is 0 Å². The number of para-hydroxylation sites is 2. The van der Waals surface area contributed by atoms with E-state index in [2.05, 4.69) is 10.2 Å². The maximum absolute atomic E-state index is 13.9. The van der Waals surface area contributed by atoms with Gasteiger partial charge in [-0.15, -0.1) is 0 Å². The lowest BCUT2D eigenvalue weighted by atomic mass is 10.2. The standard InChI is InChI=1S/C19H21ClFN3O2/c1-13(19(26)22-16-7-6-14(20)12-15(16)21)23-8-10-24(11-9-23)17-4-2-3-5-18(17)25/h2-7,12-13,25H,8-11H2,1H3,(H,22,26)/t13-/m1/s1. The number of anilines is 2. The molecule has 1 atom stereocenters. The van der Waals surface area contributed by atoms with Crippen LogP contribution in [0.2, 0.25) is 5.02 Å². The van der Waals surface area contributed by atoms with E-state index in [9.17, 15) is 14.3 Å². The first-order valence-corrected chi connectivity index (χ1v) is 8.86. The number of carbonyl (C=O) groups excluding carboxylic acids is 1. The van der Waals surface area contributed by atoms with Crippen molar-refractivity contribution >= 4 is 28.9 Å². The van der Waals surface area contributed by atoms with Crippen molar-refractivity contribution in [2.24, 2.45) is 0 Å². The number of halogens is 2. The summed E-state index contributed by atoms with van der Waals surface area (Å²) >= 11 is 5.73. The lowest BCUT2D eigenvalue weighted by Gasteiger charge is -2.38. The van der Waals surface area contributed by atoms with Crippen LogP contribution in [0, 0.1) is 5.82 Å². The Hall–Kier alpha value is -2.31.